The minimum absolute atomic E-state index is 0.726. The van der Waals surface area contributed by atoms with Gasteiger partial charge in [0.15, 0.2) is 0 Å². The first-order valence-corrected chi connectivity index (χ1v) is 8.01. The van der Waals surface area contributed by atoms with Crippen molar-refractivity contribution in [2.45, 2.75) is 32.2 Å². The molecule has 2 unspecified atom stereocenters. The first-order chi connectivity index (χ1) is 9.83. The van der Waals surface area contributed by atoms with E-state index in [0.717, 1.165) is 17.9 Å². The van der Waals surface area contributed by atoms with Crippen molar-refractivity contribution in [3.8, 4) is 0 Å². The Hall–Kier alpha value is -1.12. The number of nitrogens with one attached hydrogen (secondary N) is 2. The van der Waals surface area contributed by atoms with Crippen LogP contribution in [0, 0.1) is 11.8 Å². The maximum Gasteiger partial charge on any atom is 0.0137 e. The Bertz CT molecular complexity index is 446. The lowest BCUT2D eigenvalue weighted by Crippen LogP contribution is -2.34. The molecule has 2 fully saturated rings. The summed E-state index contributed by atoms with van der Waals surface area (Å²) < 4.78 is 0. The fourth-order valence-electron chi connectivity index (χ4n) is 3.16. The summed E-state index contributed by atoms with van der Waals surface area (Å²) in [5.41, 5.74) is 2.78. The van der Waals surface area contributed by atoms with Crippen LogP contribution < -0.4 is 10.6 Å². The summed E-state index contributed by atoms with van der Waals surface area (Å²) in [5, 5.41) is 7.19. The molecule has 3 rings (SSSR count). The van der Waals surface area contributed by atoms with Gasteiger partial charge in [-0.05, 0) is 68.8 Å². The number of hydrogen-bond donors (Lipinski definition) is 2. The molecule has 1 aliphatic heterocycles. The Kier molecular flexibility index (Phi) is 4.54. The van der Waals surface area contributed by atoms with Crippen LogP contribution in [0.15, 0.2) is 36.4 Å². The predicted octanol–water partition coefficient (Wildman–Crippen LogP) is 3.07. The summed E-state index contributed by atoms with van der Waals surface area (Å²) in [7, 11) is 0. The van der Waals surface area contributed by atoms with E-state index in [-0.39, 0.29) is 0 Å². The predicted molar refractivity (Wildman–Crippen MR) is 85.6 cm³/mol. The van der Waals surface area contributed by atoms with Crippen LogP contribution in [-0.2, 0) is 0 Å². The van der Waals surface area contributed by atoms with Crippen LogP contribution in [-0.4, -0.2) is 25.7 Å². The quantitative estimate of drug-likeness (QED) is 0.859. The maximum absolute atomic E-state index is 3.76. The fraction of sp³-hybridized carbons (Fsp3) is 0.556. The second kappa shape index (κ2) is 6.55. The summed E-state index contributed by atoms with van der Waals surface area (Å²) in [6, 6.07) is 11.4. The number of allylic oxidation sites excluding steroid dienone is 1. The monoisotopic (exact) mass is 270 g/mol. The van der Waals surface area contributed by atoms with E-state index in [1.165, 1.54) is 50.0 Å². The molecule has 0 amide bonds. The van der Waals surface area contributed by atoms with Crippen molar-refractivity contribution in [3.63, 3.8) is 0 Å². The molecule has 1 aromatic rings. The van der Waals surface area contributed by atoms with Crippen molar-refractivity contribution in [3.05, 3.63) is 42.0 Å². The molecular formula is C18H26N2. The number of rotatable bonds is 5. The van der Waals surface area contributed by atoms with Gasteiger partial charge in [0.25, 0.3) is 0 Å². The van der Waals surface area contributed by atoms with Gasteiger partial charge in [0, 0.05) is 6.04 Å². The highest BCUT2D eigenvalue weighted by molar-refractivity contribution is 5.64. The van der Waals surface area contributed by atoms with Gasteiger partial charge < -0.3 is 10.6 Å². The van der Waals surface area contributed by atoms with Gasteiger partial charge in [-0.1, -0.05) is 36.4 Å². The lowest BCUT2D eigenvalue weighted by molar-refractivity contribution is 0.355. The molecule has 1 heterocycles. The first kappa shape index (κ1) is 13.8. The molecule has 2 nitrogen and oxygen atoms in total. The van der Waals surface area contributed by atoms with Gasteiger partial charge in [-0.3, -0.25) is 0 Å². The highest BCUT2D eigenvalue weighted by Gasteiger charge is 2.35. The van der Waals surface area contributed by atoms with Gasteiger partial charge in [0.2, 0.25) is 0 Å². The minimum Gasteiger partial charge on any atom is -0.317 e. The van der Waals surface area contributed by atoms with Crippen molar-refractivity contribution in [1.29, 1.82) is 0 Å². The van der Waals surface area contributed by atoms with E-state index in [1.807, 2.05) is 0 Å². The molecule has 0 spiro atoms. The van der Waals surface area contributed by atoms with Crippen LogP contribution in [0.1, 0.15) is 31.7 Å². The van der Waals surface area contributed by atoms with Crippen LogP contribution in [0.5, 0.6) is 0 Å². The first-order valence-electron chi connectivity index (χ1n) is 8.01. The third kappa shape index (κ3) is 3.71. The molecule has 0 aromatic heterocycles. The van der Waals surface area contributed by atoms with E-state index in [4.69, 9.17) is 0 Å². The topological polar surface area (TPSA) is 24.1 Å². The van der Waals surface area contributed by atoms with E-state index < -0.39 is 0 Å². The van der Waals surface area contributed by atoms with Gasteiger partial charge in [-0.2, -0.15) is 0 Å². The molecule has 2 heteroatoms. The van der Waals surface area contributed by atoms with E-state index in [1.54, 1.807) is 0 Å². The summed E-state index contributed by atoms with van der Waals surface area (Å²) in [6.07, 6.45) is 6.44. The number of piperidine rings is 1. The Morgan fingerprint density at radius 1 is 1.25 bits per heavy atom. The fourth-order valence-corrected chi connectivity index (χ4v) is 3.16. The molecule has 1 saturated carbocycles. The zero-order valence-corrected chi connectivity index (χ0v) is 12.4. The average Bonchev–Trinajstić information content (AvgIpc) is 3.25. The molecule has 2 N–H and O–H groups in total. The molecule has 0 bridgehead atoms. The average molecular weight is 270 g/mol. The normalized spacial score (nSPS) is 27.6. The largest absolute Gasteiger partial charge is 0.317 e. The second-order valence-electron chi connectivity index (χ2n) is 6.32. The van der Waals surface area contributed by atoms with Crippen LogP contribution in [0.4, 0.5) is 0 Å². The van der Waals surface area contributed by atoms with E-state index in [2.05, 4.69) is 54.0 Å². The third-order valence-corrected chi connectivity index (χ3v) is 4.66. The Labute approximate surface area is 122 Å². The zero-order chi connectivity index (χ0) is 13.8. The van der Waals surface area contributed by atoms with Crippen molar-refractivity contribution in [2.24, 2.45) is 11.8 Å². The molecule has 108 valence electrons. The van der Waals surface area contributed by atoms with Crippen LogP contribution in [0.3, 0.4) is 0 Å². The van der Waals surface area contributed by atoms with E-state index in [0.29, 0.717) is 0 Å². The van der Waals surface area contributed by atoms with Gasteiger partial charge in [-0.15, -0.1) is 0 Å². The molecule has 0 radical (unpaired) electrons. The maximum atomic E-state index is 3.76. The van der Waals surface area contributed by atoms with Gasteiger partial charge in [0.05, 0.1) is 0 Å². The SMILES string of the molecule is C/C(=C\C1CC1NCC1CCNCC1)c1ccccc1. The standard InChI is InChI=1S/C18H26N2/c1-14(16-5-3-2-4-6-16)11-17-12-18(17)20-13-15-7-9-19-10-8-15/h2-6,11,15,17-20H,7-10,12-13H2,1H3/b14-11+. The van der Waals surface area contributed by atoms with Crippen LogP contribution >= 0.6 is 0 Å². The molecule has 20 heavy (non-hydrogen) atoms. The van der Waals surface area contributed by atoms with E-state index in [9.17, 15) is 0 Å². The molecule has 1 saturated heterocycles. The molecular weight excluding hydrogens is 244 g/mol. The van der Waals surface area contributed by atoms with Crippen molar-refractivity contribution >= 4 is 5.57 Å². The molecule has 2 atom stereocenters. The van der Waals surface area contributed by atoms with Crippen LogP contribution in [0.2, 0.25) is 0 Å². The number of benzene rings is 1. The highest BCUT2D eigenvalue weighted by atomic mass is 15.0. The summed E-state index contributed by atoms with van der Waals surface area (Å²) in [6.45, 7) is 5.85. The molecule has 1 aliphatic carbocycles. The highest BCUT2D eigenvalue weighted by Crippen LogP contribution is 2.34. The lowest BCUT2D eigenvalue weighted by Gasteiger charge is -2.22. The molecule has 1 aromatic carbocycles. The van der Waals surface area contributed by atoms with Crippen LogP contribution in [0.25, 0.3) is 5.57 Å². The van der Waals surface area contributed by atoms with Gasteiger partial charge in [-0.25, -0.2) is 0 Å². The lowest BCUT2D eigenvalue weighted by atomic mass is 9.98. The summed E-state index contributed by atoms with van der Waals surface area (Å²) >= 11 is 0. The summed E-state index contributed by atoms with van der Waals surface area (Å²) in [5.74, 6) is 1.63. The third-order valence-electron chi connectivity index (χ3n) is 4.66. The van der Waals surface area contributed by atoms with Gasteiger partial charge in [0.1, 0.15) is 0 Å². The zero-order valence-electron chi connectivity index (χ0n) is 12.4. The number of hydrogen-bond acceptors (Lipinski definition) is 2. The molecule has 2 aliphatic rings. The smallest absolute Gasteiger partial charge is 0.0137 e. The van der Waals surface area contributed by atoms with E-state index >= 15 is 0 Å². The summed E-state index contributed by atoms with van der Waals surface area (Å²) in [4.78, 5) is 0. The van der Waals surface area contributed by atoms with Crippen molar-refractivity contribution in [2.75, 3.05) is 19.6 Å². The Morgan fingerprint density at radius 3 is 2.75 bits per heavy atom. The second-order valence-corrected chi connectivity index (χ2v) is 6.32. The van der Waals surface area contributed by atoms with Crippen molar-refractivity contribution < 1.29 is 0 Å². The van der Waals surface area contributed by atoms with Crippen molar-refractivity contribution in [1.82, 2.24) is 10.6 Å². The Balaban J connectivity index is 1.44. The van der Waals surface area contributed by atoms with Gasteiger partial charge >= 0.3 is 0 Å². The minimum atomic E-state index is 0.726. The Morgan fingerprint density at radius 2 is 2.00 bits per heavy atom.